The highest BCUT2D eigenvalue weighted by Crippen LogP contribution is 2.25. The molecule has 0 amide bonds. The molecule has 0 fully saturated rings. The Morgan fingerprint density at radius 2 is 2.16 bits per heavy atom. The summed E-state index contributed by atoms with van der Waals surface area (Å²) >= 11 is 7.17. The largest absolute Gasteiger partial charge is 0.478 e. The van der Waals surface area contributed by atoms with E-state index in [-0.39, 0.29) is 5.56 Å². The highest BCUT2D eigenvalue weighted by Gasteiger charge is 2.11. The molecule has 0 aliphatic rings. The van der Waals surface area contributed by atoms with E-state index >= 15 is 0 Å². The number of thioether (sulfide) groups is 1. The first-order valence-electron chi connectivity index (χ1n) is 5.32. The van der Waals surface area contributed by atoms with Crippen molar-refractivity contribution in [1.29, 1.82) is 0 Å². The van der Waals surface area contributed by atoms with Gasteiger partial charge in [-0.15, -0.1) is 11.8 Å². The van der Waals surface area contributed by atoms with Crippen LogP contribution in [0.15, 0.2) is 41.4 Å². The van der Waals surface area contributed by atoms with E-state index in [1.807, 2.05) is 6.07 Å². The predicted molar refractivity (Wildman–Crippen MR) is 72.2 cm³/mol. The van der Waals surface area contributed by atoms with Gasteiger partial charge in [0.1, 0.15) is 11.0 Å². The van der Waals surface area contributed by atoms with Gasteiger partial charge in [0.2, 0.25) is 0 Å². The van der Waals surface area contributed by atoms with Crippen LogP contribution in [0.5, 0.6) is 0 Å². The summed E-state index contributed by atoms with van der Waals surface area (Å²) in [6.45, 7) is 0. The Labute approximate surface area is 118 Å². The maximum atomic E-state index is 13.2. The molecular weight excluding hydrogens is 289 g/mol. The van der Waals surface area contributed by atoms with Gasteiger partial charge in [-0.1, -0.05) is 11.6 Å². The third kappa shape index (κ3) is 3.68. The fourth-order valence-corrected chi connectivity index (χ4v) is 2.53. The van der Waals surface area contributed by atoms with Crippen LogP contribution in [-0.4, -0.2) is 16.1 Å². The number of carboxylic acids is 1. The fraction of sp³-hybridized carbons (Fsp3) is 0.0769. The third-order valence-electron chi connectivity index (χ3n) is 2.36. The molecule has 1 N–H and O–H groups in total. The van der Waals surface area contributed by atoms with Gasteiger partial charge in [-0.3, -0.25) is 0 Å². The number of nitrogens with zero attached hydrogens (tertiary/aromatic N) is 1. The molecule has 1 aromatic carbocycles. The summed E-state index contributed by atoms with van der Waals surface area (Å²) in [5.41, 5.74) is 0.643. The van der Waals surface area contributed by atoms with E-state index in [9.17, 15) is 9.18 Å². The maximum Gasteiger partial charge on any atom is 0.338 e. The highest BCUT2D eigenvalue weighted by atomic mass is 35.5. The lowest BCUT2D eigenvalue weighted by Gasteiger charge is -2.04. The van der Waals surface area contributed by atoms with Crippen LogP contribution >= 0.6 is 23.4 Å². The summed E-state index contributed by atoms with van der Waals surface area (Å²) in [6, 6.07) is 7.59. The van der Waals surface area contributed by atoms with E-state index < -0.39 is 11.8 Å². The van der Waals surface area contributed by atoms with E-state index in [0.717, 1.165) is 11.6 Å². The Kier molecular flexibility index (Phi) is 4.39. The minimum Gasteiger partial charge on any atom is -0.478 e. The van der Waals surface area contributed by atoms with Crippen LogP contribution in [0, 0.1) is 5.82 Å². The van der Waals surface area contributed by atoms with Crippen molar-refractivity contribution in [2.45, 2.75) is 10.6 Å². The topological polar surface area (TPSA) is 50.2 Å². The average molecular weight is 298 g/mol. The molecule has 0 aliphatic heterocycles. The van der Waals surface area contributed by atoms with Gasteiger partial charge in [0.05, 0.1) is 5.56 Å². The summed E-state index contributed by atoms with van der Waals surface area (Å²) in [5.74, 6) is -1.40. The van der Waals surface area contributed by atoms with Gasteiger partial charge < -0.3 is 5.11 Å². The molecule has 2 aromatic rings. The zero-order chi connectivity index (χ0) is 13.8. The summed E-state index contributed by atoms with van der Waals surface area (Å²) in [4.78, 5) is 15.4. The molecule has 2 rings (SSSR count). The van der Waals surface area contributed by atoms with Gasteiger partial charge in [-0.25, -0.2) is 14.2 Å². The predicted octanol–water partition coefficient (Wildman–Crippen LogP) is 3.86. The number of rotatable bonds is 4. The molecule has 0 spiro atoms. The molecule has 0 bridgehead atoms. The second-order valence-corrected chi connectivity index (χ2v) is 5.16. The number of halogens is 2. The highest BCUT2D eigenvalue weighted by molar-refractivity contribution is 7.98. The Morgan fingerprint density at radius 3 is 2.84 bits per heavy atom. The molecular formula is C13H9ClFNO2S. The SMILES string of the molecule is O=C(O)c1cc(SCc2ccnc(Cl)c2)ccc1F. The van der Waals surface area contributed by atoms with Crippen LogP contribution in [0.1, 0.15) is 15.9 Å². The average Bonchev–Trinajstić information content (AvgIpc) is 2.37. The molecule has 0 atom stereocenters. The molecule has 6 heteroatoms. The van der Waals surface area contributed by atoms with Gasteiger partial charge in [0, 0.05) is 16.8 Å². The van der Waals surface area contributed by atoms with Crippen molar-refractivity contribution in [3.05, 3.63) is 58.6 Å². The van der Waals surface area contributed by atoms with E-state index in [1.165, 1.54) is 17.8 Å². The van der Waals surface area contributed by atoms with E-state index in [2.05, 4.69) is 4.98 Å². The van der Waals surface area contributed by atoms with Gasteiger partial charge >= 0.3 is 5.97 Å². The number of carboxylic acid groups (broad SMARTS) is 1. The van der Waals surface area contributed by atoms with E-state index in [4.69, 9.17) is 16.7 Å². The summed E-state index contributed by atoms with van der Waals surface area (Å²) < 4.78 is 13.2. The van der Waals surface area contributed by atoms with Crippen LogP contribution in [0.2, 0.25) is 5.15 Å². The van der Waals surface area contributed by atoms with Crippen LogP contribution in [0.25, 0.3) is 0 Å². The quantitative estimate of drug-likeness (QED) is 0.687. The van der Waals surface area contributed by atoms with Crippen molar-refractivity contribution in [3.63, 3.8) is 0 Å². The fourth-order valence-electron chi connectivity index (χ4n) is 1.46. The van der Waals surface area contributed by atoms with Crippen molar-refractivity contribution in [3.8, 4) is 0 Å². The molecule has 3 nitrogen and oxygen atoms in total. The third-order valence-corrected chi connectivity index (χ3v) is 3.64. The monoisotopic (exact) mass is 297 g/mol. The number of hydrogen-bond donors (Lipinski definition) is 1. The second-order valence-electron chi connectivity index (χ2n) is 3.72. The lowest BCUT2D eigenvalue weighted by atomic mass is 10.2. The first-order chi connectivity index (χ1) is 9.06. The van der Waals surface area contributed by atoms with Crippen LogP contribution in [0.4, 0.5) is 4.39 Å². The summed E-state index contributed by atoms with van der Waals surface area (Å²) in [5, 5.41) is 9.24. The van der Waals surface area contributed by atoms with Crippen molar-refractivity contribution >= 4 is 29.3 Å². The number of benzene rings is 1. The minimum atomic E-state index is -1.27. The lowest BCUT2D eigenvalue weighted by molar-refractivity contribution is 0.0691. The number of carbonyl (C=O) groups is 1. The summed E-state index contributed by atoms with van der Waals surface area (Å²) in [6.07, 6.45) is 1.60. The Hall–Kier alpha value is -1.59. The lowest BCUT2D eigenvalue weighted by Crippen LogP contribution is -2.00. The van der Waals surface area contributed by atoms with Gasteiger partial charge in [0.25, 0.3) is 0 Å². The standard InChI is InChI=1S/C13H9ClFNO2S/c14-12-5-8(3-4-16-12)7-19-9-1-2-11(15)10(6-9)13(17)18/h1-6H,7H2,(H,17,18). The minimum absolute atomic E-state index is 0.322. The molecule has 0 saturated carbocycles. The molecule has 0 aliphatic carbocycles. The van der Waals surface area contributed by atoms with Crippen molar-refractivity contribution < 1.29 is 14.3 Å². The number of pyridine rings is 1. The molecule has 0 saturated heterocycles. The maximum absolute atomic E-state index is 13.2. The van der Waals surface area contributed by atoms with Crippen LogP contribution in [-0.2, 0) is 5.75 Å². The van der Waals surface area contributed by atoms with Gasteiger partial charge in [-0.2, -0.15) is 0 Å². The molecule has 98 valence electrons. The van der Waals surface area contributed by atoms with E-state index in [1.54, 1.807) is 18.3 Å². The zero-order valence-electron chi connectivity index (χ0n) is 9.64. The van der Waals surface area contributed by atoms with Crippen molar-refractivity contribution in [1.82, 2.24) is 4.98 Å². The Morgan fingerprint density at radius 1 is 1.37 bits per heavy atom. The Bertz CT molecular complexity index is 621. The molecule has 1 heterocycles. The first kappa shape index (κ1) is 13.8. The smallest absolute Gasteiger partial charge is 0.338 e. The zero-order valence-corrected chi connectivity index (χ0v) is 11.2. The van der Waals surface area contributed by atoms with Crippen LogP contribution in [0.3, 0.4) is 0 Å². The molecule has 1 aromatic heterocycles. The molecule has 0 unspecified atom stereocenters. The van der Waals surface area contributed by atoms with E-state index in [0.29, 0.717) is 15.8 Å². The number of aromatic nitrogens is 1. The Balaban J connectivity index is 2.12. The molecule has 0 radical (unpaired) electrons. The number of aromatic carboxylic acids is 1. The normalized spacial score (nSPS) is 10.4. The van der Waals surface area contributed by atoms with Gasteiger partial charge in [-0.05, 0) is 35.9 Å². The van der Waals surface area contributed by atoms with Crippen molar-refractivity contribution in [2.24, 2.45) is 0 Å². The van der Waals surface area contributed by atoms with Crippen molar-refractivity contribution in [2.75, 3.05) is 0 Å². The second kappa shape index (κ2) is 6.04. The molecule has 19 heavy (non-hydrogen) atoms. The van der Waals surface area contributed by atoms with Crippen LogP contribution < -0.4 is 0 Å². The van der Waals surface area contributed by atoms with Gasteiger partial charge in [0.15, 0.2) is 0 Å². The first-order valence-corrected chi connectivity index (χ1v) is 6.68. The summed E-state index contributed by atoms with van der Waals surface area (Å²) in [7, 11) is 0. The number of hydrogen-bond acceptors (Lipinski definition) is 3.